The van der Waals surface area contributed by atoms with Crippen LogP contribution < -0.4 is 11.1 Å². The number of nitrogens with zero attached hydrogens (tertiary/aromatic N) is 1. The molecule has 0 spiro atoms. The molecule has 0 aliphatic heterocycles. The Morgan fingerprint density at radius 2 is 1.87 bits per heavy atom. The normalized spacial score (nSPS) is 12.5. The standard InChI is InChI=1S/C20H20FN3O6/c1-2-30-17(25)11-16(12-6-8-15(9-7-12)24(28)29)18(19(22)26)23-20(27)13-4-3-5-14(21)10-13/h3-10,16,18H,2,11H2,1H3,(H2,22,26)(H,23,27)/t16-,18+/m0/s1. The molecule has 2 amide bonds. The Morgan fingerprint density at radius 1 is 1.20 bits per heavy atom. The molecule has 0 saturated heterocycles. The summed E-state index contributed by atoms with van der Waals surface area (Å²) in [5, 5.41) is 13.3. The fourth-order valence-corrected chi connectivity index (χ4v) is 2.90. The van der Waals surface area contributed by atoms with Gasteiger partial charge in [-0.05, 0) is 30.7 Å². The van der Waals surface area contributed by atoms with Crippen molar-refractivity contribution in [2.75, 3.05) is 6.61 Å². The summed E-state index contributed by atoms with van der Waals surface area (Å²) in [6.45, 7) is 1.71. The van der Waals surface area contributed by atoms with E-state index in [2.05, 4.69) is 5.32 Å². The number of amides is 2. The predicted octanol–water partition coefficient (Wildman–Crippen LogP) is 2.05. The zero-order valence-electron chi connectivity index (χ0n) is 16.0. The van der Waals surface area contributed by atoms with Crippen molar-refractivity contribution in [2.24, 2.45) is 5.73 Å². The zero-order valence-corrected chi connectivity index (χ0v) is 16.0. The van der Waals surface area contributed by atoms with E-state index >= 15 is 0 Å². The van der Waals surface area contributed by atoms with Crippen LogP contribution in [0.5, 0.6) is 0 Å². The topological polar surface area (TPSA) is 142 Å². The number of esters is 1. The molecule has 2 atom stereocenters. The summed E-state index contributed by atoms with van der Waals surface area (Å²) in [5.41, 5.74) is 5.60. The van der Waals surface area contributed by atoms with Crippen molar-refractivity contribution in [3.63, 3.8) is 0 Å². The third-order valence-electron chi connectivity index (χ3n) is 4.31. The number of nitro groups is 1. The minimum atomic E-state index is -1.35. The van der Waals surface area contributed by atoms with Gasteiger partial charge in [-0.3, -0.25) is 24.5 Å². The number of hydrogen-bond acceptors (Lipinski definition) is 6. The Hall–Kier alpha value is -3.82. The SMILES string of the molecule is CCOC(=O)C[C@@H](c1ccc([N+](=O)[O-])cc1)[C@@H](NC(=O)c1cccc(F)c1)C(N)=O. The highest BCUT2D eigenvalue weighted by molar-refractivity contribution is 5.97. The van der Waals surface area contributed by atoms with Gasteiger partial charge < -0.3 is 15.8 Å². The number of primary amides is 1. The molecule has 0 heterocycles. The van der Waals surface area contributed by atoms with Crippen molar-refractivity contribution in [3.05, 3.63) is 75.6 Å². The highest BCUT2D eigenvalue weighted by Gasteiger charge is 2.32. The molecule has 9 nitrogen and oxygen atoms in total. The first kappa shape index (κ1) is 22.5. The van der Waals surface area contributed by atoms with E-state index in [0.29, 0.717) is 5.56 Å². The van der Waals surface area contributed by atoms with E-state index in [4.69, 9.17) is 10.5 Å². The van der Waals surface area contributed by atoms with Crippen LogP contribution in [0.15, 0.2) is 48.5 Å². The number of ether oxygens (including phenoxy) is 1. The predicted molar refractivity (Wildman–Crippen MR) is 104 cm³/mol. The number of halogens is 1. The number of carbonyl (C=O) groups is 3. The molecule has 30 heavy (non-hydrogen) atoms. The second-order valence-electron chi connectivity index (χ2n) is 6.33. The molecule has 2 aromatic carbocycles. The van der Waals surface area contributed by atoms with Crippen molar-refractivity contribution in [3.8, 4) is 0 Å². The number of nitrogens with two attached hydrogens (primary N) is 1. The van der Waals surface area contributed by atoms with Gasteiger partial charge in [-0.15, -0.1) is 0 Å². The summed E-state index contributed by atoms with van der Waals surface area (Å²) < 4.78 is 18.3. The van der Waals surface area contributed by atoms with E-state index in [9.17, 15) is 28.9 Å². The van der Waals surface area contributed by atoms with E-state index in [1.54, 1.807) is 6.92 Å². The quantitative estimate of drug-likeness (QED) is 0.363. The van der Waals surface area contributed by atoms with Gasteiger partial charge in [-0.1, -0.05) is 18.2 Å². The first-order valence-corrected chi connectivity index (χ1v) is 8.98. The molecule has 2 aromatic rings. The minimum Gasteiger partial charge on any atom is -0.466 e. The molecule has 0 bridgehead atoms. The number of nitro benzene ring substituents is 1. The first-order chi connectivity index (χ1) is 14.2. The molecule has 0 radical (unpaired) electrons. The maximum atomic E-state index is 13.4. The van der Waals surface area contributed by atoms with Crippen LogP contribution in [-0.4, -0.2) is 35.4 Å². The van der Waals surface area contributed by atoms with Gasteiger partial charge in [0.1, 0.15) is 11.9 Å². The monoisotopic (exact) mass is 417 g/mol. The number of nitrogens with one attached hydrogen (secondary N) is 1. The van der Waals surface area contributed by atoms with E-state index in [1.165, 1.54) is 36.4 Å². The number of rotatable bonds is 9. The average Bonchev–Trinajstić information content (AvgIpc) is 2.70. The smallest absolute Gasteiger partial charge is 0.306 e. The summed E-state index contributed by atoms with van der Waals surface area (Å²) in [6, 6.07) is 8.62. The summed E-state index contributed by atoms with van der Waals surface area (Å²) in [7, 11) is 0. The molecule has 0 aliphatic rings. The number of carbonyl (C=O) groups excluding carboxylic acids is 3. The van der Waals surface area contributed by atoms with E-state index in [1.807, 2.05) is 0 Å². The molecule has 3 N–H and O–H groups in total. The zero-order chi connectivity index (χ0) is 22.3. The van der Waals surface area contributed by atoms with Crippen LogP contribution in [-0.2, 0) is 14.3 Å². The van der Waals surface area contributed by atoms with Gasteiger partial charge in [0.15, 0.2) is 0 Å². The number of benzene rings is 2. The molecule has 0 saturated carbocycles. The van der Waals surface area contributed by atoms with Crippen LogP contribution in [0.2, 0.25) is 0 Å². The van der Waals surface area contributed by atoms with Crippen LogP contribution in [0.1, 0.15) is 35.2 Å². The van der Waals surface area contributed by atoms with E-state index < -0.39 is 40.5 Å². The van der Waals surface area contributed by atoms with Gasteiger partial charge in [0.2, 0.25) is 5.91 Å². The lowest BCUT2D eigenvalue weighted by Crippen LogP contribution is -2.48. The molecular formula is C20H20FN3O6. The summed E-state index contributed by atoms with van der Waals surface area (Å²) in [4.78, 5) is 47.0. The Labute approximate surface area is 171 Å². The third-order valence-corrected chi connectivity index (χ3v) is 4.31. The maximum Gasteiger partial charge on any atom is 0.306 e. The molecule has 2 rings (SSSR count). The molecular weight excluding hydrogens is 397 g/mol. The fourth-order valence-electron chi connectivity index (χ4n) is 2.90. The fraction of sp³-hybridized carbons (Fsp3) is 0.250. The van der Waals surface area contributed by atoms with Crippen molar-refractivity contribution in [1.82, 2.24) is 5.32 Å². The maximum absolute atomic E-state index is 13.4. The van der Waals surface area contributed by atoms with Gasteiger partial charge in [0.05, 0.1) is 18.0 Å². The van der Waals surface area contributed by atoms with Gasteiger partial charge in [0.25, 0.3) is 11.6 Å². The summed E-state index contributed by atoms with van der Waals surface area (Å²) in [6.07, 6.45) is -0.317. The third kappa shape index (κ3) is 5.84. The highest BCUT2D eigenvalue weighted by Crippen LogP contribution is 2.27. The summed E-state index contributed by atoms with van der Waals surface area (Å²) in [5.74, 6) is -3.95. The first-order valence-electron chi connectivity index (χ1n) is 8.98. The molecule has 158 valence electrons. The molecule has 0 aromatic heterocycles. The molecule has 0 unspecified atom stereocenters. The average molecular weight is 417 g/mol. The second kappa shape index (κ2) is 10.1. The largest absolute Gasteiger partial charge is 0.466 e. The van der Waals surface area contributed by atoms with Crippen molar-refractivity contribution < 1.29 is 28.4 Å². The van der Waals surface area contributed by atoms with Gasteiger partial charge >= 0.3 is 5.97 Å². The second-order valence-corrected chi connectivity index (χ2v) is 6.33. The van der Waals surface area contributed by atoms with E-state index in [-0.39, 0.29) is 24.3 Å². The number of non-ortho nitro benzene ring substituents is 1. The molecule has 0 aliphatic carbocycles. The van der Waals surface area contributed by atoms with Crippen LogP contribution in [0.3, 0.4) is 0 Å². The van der Waals surface area contributed by atoms with Crippen LogP contribution in [0.4, 0.5) is 10.1 Å². The Morgan fingerprint density at radius 3 is 2.40 bits per heavy atom. The lowest BCUT2D eigenvalue weighted by Gasteiger charge is -2.25. The van der Waals surface area contributed by atoms with Gasteiger partial charge in [0, 0.05) is 23.6 Å². The highest BCUT2D eigenvalue weighted by atomic mass is 19.1. The number of hydrogen-bond donors (Lipinski definition) is 2. The lowest BCUT2D eigenvalue weighted by molar-refractivity contribution is -0.384. The Balaban J connectivity index is 2.38. The van der Waals surface area contributed by atoms with Gasteiger partial charge in [-0.25, -0.2) is 4.39 Å². The van der Waals surface area contributed by atoms with Crippen LogP contribution in [0, 0.1) is 15.9 Å². The van der Waals surface area contributed by atoms with Gasteiger partial charge in [-0.2, -0.15) is 0 Å². The van der Waals surface area contributed by atoms with Crippen molar-refractivity contribution >= 4 is 23.5 Å². The lowest BCUT2D eigenvalue weighted by atomic mass is 9.87. The van der Waals surface area contributed by atoms with Crippen LogP contribution in [0.25, 0.3) is 0 Å². The molecule has 0 fully saturated rings. The minimum absolute atomic E-state index is 0.0418. The van der Waals surface area contributed by atoms with E-state index in [0.717, 1.165) is 12.1 Å². The van der Waals surface area contributed by atoms with Crippen LogP contribution >= 0.6 is 0 Å². The molecule has 10 heteroatoms. The van der Waals surface area contributed by atoms with Crippen molar-refractivity contribution in [1.29, 1.82) is 0 Å². The van der Waals surface area contributed by atoms with Crippen molar-refractivity contribution in [2.45, 2.75) is 25.3 Å². The Kier molecular flexibility index (Phi) is 7.56. The Bertz CT molecular complexity index is 948. The summed E-state index contributed by atoms with van der Waals surface area (Å²) >= 11 is 0.